The molecule has 1 saturated carbocycles. The van der Waals surface area contributed by atoms with E-state index < -0.39 is 0 Å². The maximum atomic E-state index is 13.5. The Balaban J connectivity index is 1.34. The van der Waals surface area contributed by atoms with E-state index in [9.17, 15) is 9.18 Å². The van der Waals surface area contributed by atoms with Gasteiger partial charge in [-0.25, -0.2) is 9.07 Å². The van der Waals surface area contributed by atoms with Crippen LogP contribution in [0.3, 0.4) is 0 Å². The first-order chi connectivity index (χ1) is 17.6. The van der Waals surface area contributed by atoms with Crippen LogP contribution in [-0.4, -0.2) is 45.8 Å². The Hall–Kier alpha value is -3.25. The molecule has 36 heavy (non-hydrogen) atoms. The van der Waals surface area contributed by atoms with Crippen molar-refractivity contribution in [2.75, 3.05) is 19.6 Å². The molecule has 2 aromatic carbocycles. The average molecular weight is 487 g/mol. The van der Waals surface area contributed by atoms with Crippen LogP contribution in [0.5, 0.6) is 0 Å². The molecule has 1 aliphatic heterocycles. The minimum absolute atomic E-state index is 0.0884. The van der Waals surface area contributed by atoms with E-state index in [0.29, 0.717) is 12.2 Å². The number of benzene rings is 2. The molecule has 0 spiro atoms. The molecule has 2 heterocycles. The number of amides is 1. The van der Waals surface area contributed by atoms with Crippen molar-refractivity contribution >= 4 is 12.0 Å². The molecule has 3 aromatic rings. The quantitative estimate of drug-likeness (QED) is 0.417. The Morgan fingerprint density at radius 1 is 0.944 bits per heavy atom. The van der Waals surface area contributed by atoms with Crippen LogP contribution in [0.1, 0.15) is 56.9 Å². The van der Waals surface area contributed by atoms with E-state index in [1.165, 1.54) is 50.7 Å². The number of piperidine rings is 1. The van der Waals surface area contributed by atoms with Gasteiger partial charge in [0.2, 0.25) is 5.91 Å². The number of halogens is 1. The molecule has 1 amide bonds. The third kappa shape index (κ3) is 5.59. The molecule has 1 aliphatic carbocycles. The van der Waals surface area contributed by atoms with Crippen LogP contribution in [-0.2, 0) is 4.79 Å². The molecule has 1 saturated heterocycles. The predicted octanol–water partition coefficient (Wildman–Crippen LogP) is 6.00. The number of carbonyl (C=O) groups excluding carboxylic acids is 1. The lowest BCUT2D eigenvalue weighted by atomic mass is 9.79. The number of rotatable bonds is 7. The van der Waals surface area contributed by atoms with Crippen LogP contribution >= 0.6 is 0 Å². The molecule has 2 fully saturated rings. The Kier molecular flexibility index (Phi) is 7.61. The van der Waals surface area contributed by atoms with E-state index in [1.54, 1.807) is 22.9 Å². The minimum Gasteiger partial charge on any atom is -0.351 e. The van der Waals surface area contributed by atoms with Gasteiger partial charge < -0.3 is 5.32 Å². The SMILES string of the molecule is O=C(/C=C/c1cn(-c2ccccc2)nc1-c1ccc(F)cc1)NCC1(N2CCCCC2)CCCCC1. The van der Waals surface area contributed by atoms with E-state index >= 15 is 0 Å². The van der Waals surface area contributed by atoms with Gasteiger partial charge in [-0.1, -0.05) is 43.9 Å². The lowest BCUT2D eigenvalue weighted by molar-refractivity contribution is -0.117. The van der Waals surface area contributed by atoms with Crippen LogP contribution in [0.25, 0.3) is 23.0 Å². The van der Waals surface area contributed by atoms with Crippen molar-refractivity contribution in [3.05, 3.63) is 78.3 Å². The highest BCUT2D eigenvalue weighted by Crippen LogP contribution is 2.35. The molecule has 1 aromatic heterocycles. The first-order valence-electron chi connectivity index (χ1n) is 13.3. The Bertz CT molecular complexity index is 1170. The standard InChI is InChI=1S/C30H35FN4O/c31-26-15-12-24(13-16-26)29-25(22-35(33-29)27-10-4-1-5-11-27)14-17-28(36)32-23-30(18-6-2-7-19-30)34-20-8-3-9-21-34/h1,4-5,10-17,22H,2-3,6-9,18-21,23H2,(H,32,36)/b17-14+. The van der Waals surface area contributed by atoms with Crippen LogP contribution in [0.2, 0.25) is 0 Å². The van der Waals surface area contributed by atoms with Gasteiger partial charge in [0.05, 0.1) is 11.4 Å². The molecule has 6 heteroatoms. The first-order valence-corrected chi connectivity index (χ1v) is 13.3. The van der Waals surface area contributed by atoms with Gasteiger partial charge in [0, 0.05) is 35.5 Å². The third-order valence-corrected chi connectivity index (χ3v) is 7.70. The second kappa shape index (κ2) is 11.2. The van der Waals surface area contributed by atoms with Gasteiger partial charge in [0.15, 0.2) is 0 Å². The van der Waals surface area contributed by atoms with E-state index in [4.69, 9.17) is 5.10 Å². The van der Waals surface area contributed by atoms with E-state index in [-0.39, 0.29) is 17.3 Å². The Labute approximate surface area is 213 Å². The maximum absolute atomic E-state index is 13.5. The van der Waals surface area contributed by atoms with Gasteiger partial charge in [-0.3, -0.25) is 9.69 Å². The average Bonchev–Trinajstić information content (AvgIpc) is 3.37. The summed E-state index contributed by atoms with van der Waals surface area (Å²) in [6.07, 6.45) is 15.3. The minimum atomic E-state index is -0.289. The summed E-state index contributed by atoms with van der Waals surface area (Å²) >= 11 is 0. The molecular formula is C30H35FN4O. The highest BCUT2D eigenvalue weighted by atomic mass is 19.1. The van der Waals surface area contributed by atoms with E-state index in [2.05, 4.69) is 10.2 Å². The highest BCUT2D eigenvalue weighted by molar-refractivity contribution is 5.92. The lowest BCUT2D eigenvalue weighted by Crippen LogP contribution is -2.58. The monoisotopic (exact) mass is 486 g/mol. The van der Waals surface area contributed by atoms with Crippen LogP contribution < -0.4 is 5.32 Å². The molecule has 1 N–H and O–H groups in total. The summed E-state index contributed by atoms with van der Waals surface area (Å²) in [6, 6.07) is 16.1. The lowest BCUT2D eigenvalue weighted by Gasteiger charge is -2.48. The molecule has 0 unspecified atom stereocenters. The first kappa shape index (κ1) is 24.4. The number of aromatic nitrogens is 2. The van der Waals surface area contributed by atoms with Gasteiger partial charge in [-0.05, 0) is 81.2 Å². The molecule has 5 nitrogen and oxygen atoms in total. The number of likely N-dealkylation sites (tertiary alicyclic amines) is 1. The van der Waals surface area contributed by atoms with Gasteiger partial charge in [0.1, 0.15) is 5.82 Å². The second-order valence-electron chi connectivity index (χ2n) is 10.1. The molecule has 0 bridgehead atoms. The zero-order chi connectivity index (χ0) is 24.8. The van der Waals surface area contributed by atoms with Crippen LogP contribution in [0.15, 0.2) is 66.9 Å². The zero-order valence-corrected chi connectivity index (χ0v) is 20.8. The van der Waals surface area contributed by atoms with E-state index in [0.717, 1.165) is 42.7 Å². The fraction of sp³-hybridized carbons (Fsp3) is 0.400. The largest absolute Gasteiger partial charge is 0.351 e. The van der Waals surface area contributed by atoms with Crippen molar-refractivity contribution in [1.29, 1.82) is 0 Å². The Morgan fingerprint density at radius 2 is 1.64 bits per heavy atom. The predicted molar refractivity (Wildman–Crippen MR) is 142 cm³/mol. The summed E-state index contributed by atoms with van der Waals surface area (Å²) in [5.74, 6) is -0.377. The van der Waals surface area contributed by atoms with Crippen LogP contribution in [0.4, 0.5) is 4.39 Å². The van der Waals surface area contributed by atoms with Crippen molar-refractivity contribution in [2.24, 2.45) is 0 Å². The summed E-state index contributed by atoms with van der Waals surface area (Å²) in [6.45, 7) is 2.99. The Morgan fingerprint density at radius 3 is 2.36 bits per heavy atom. The van der Waals surface area contributed by atoms with Gasteiger partial charge in [0.25, 0.3) is 0 Å². The van der Waals surface area contributed by atoms with Crippen LogP contribution in [0, 0.1) is 5.82 Å². The molecule has 2 aliphatic rings. The fourth-order valence-corrected chi connectivity index (χ4v) is 5.71. The van der Waals surface area contributed by atoms with Crippen molar-refractivity contribution in [1.82, 2.24) is 20.0 Å². The van der Waals surface area contributed by atoms with Crippen molar-refractivity contribution in [3.63, 3.8) is 0 Å². The summed E-state index contributed by atoms with van der Waals surface area (Å²) in [5.41, 5.74) is 3.34. The maximum Gasteiger partial charge on any atom is 0.244 e. The molecule has 188 valence electrons. The summed E-state index contributed by atoms with van der Waals surface area (Å²) in [5, 5.41) is 7.98. The summed E-state index contributed by atoms with van der Waals surface area (Å²) in [4.78, 5) is 15.6. The summed E-state index contributed by atoms with van der Waals surface area (Å²) in [7, 11) is 0. The number of carbonyl (C=O) groups is 1. The number of hydrogen-bond acceptors (Lipinski definition) is 3. The van der Waals surface area contributed by atoms with E-state index in [1.807, 2.05) is 42.6 Å². The molecule has 0 radical (unpaired) electrons. The zero-order valence-electron chi connectivity index (χ0n) is 20.8. The van der Waals surface area contributed by atoms with Gasteiger partial charge in [-0.15, -0.1) is 0 Å². The normalized spacial score (nSPS) is 18.4. The molecule has 0 atom stereocenters. The highest BCUT2D eigenvalue weighted by Gasteiger charge is 2.38. The molecular weight excluding hydrogens is 451 g/mol. The van der Waals surface area contributed by atoms with Crippen molar-refractivity contribution in [3.8, 4) is 16.9 Å². The third-order valence-electron chi connectivity index (χ3n) is 7.70. The topological polar surface area (TPSA) is 50.2 Å². The second-order valence-corrected chi connectivity index (χ2v) is 10.1. The number of hydrogen-bond donors (Lipinski definition) is 1. The fourth-order valence-electron chi connectivity index (χ4n) is 5.71. The van der Waals surface area contributed by atoms with Crippen molar-refractivity contribution < 1.29 is 9.18 Å². The number of nitrogens with one attached hydrogen (secondary N) is 1. The van der Waals surface area contributed by atoms with Crippen molar-refractivity contribution in [2.45, 2.75) is 56.9 Å². The molecule has 5 rings (SSSR count). The number of para-hydroxylation sites is 1. The smallest absolute Gasteiger partial charge is 0.244 e. The van der Waals surface area contributed by atoms with Gasteiger partial charge in [-0.2, -0.15) is 5.10 Å². The van der Waals surface area contributed by atoms with Gasteiger partial charge >= 0.3 is 0 Å². The number of nitrogens with zero attached hydrogens (tertiary/aromatic N) is 3. The summed E-state index contributed by atoms with van der Waals surface area (Å²) < 4.78 is 15.3.